The summed E-state index contributed by atoms with van der Waals surface area (Å²) < 4.78 is 11.3. The first-order chi connectivity index (χ1) is 16.8. The summed E-state index contributed by atoms with van der Waals surface area (Å²) in [5.74, 6) is 0.676. The SMILES string of the molecule is COc1cc(C=C2C(=O)N(c3ccc(Cl)c(Cl)c3)N=C2C)ccc1OCc1ccc([N+](=O)[O-])cc1. The molecule has 178 valence electrons. The maximum Gasteiger partial charge on any atom is 0.280 e. The van der Waals surface area contributed by atoms with E-state index in [1.165, 1.54) is 24.3 Å². The number of non-ortho nitro benzene ring substituents is 1. The minimum atomic E-state index is -0.452. The minimum Gasteiger partial charge on any atom is -0.493 e. The number of methoxy groups -OCH3 is 1. The molecule has 0 atom stereocenters. The predicted octanol–water partition coefficient (Wildman–Crippen LogP) is 6.30. The van der Waals surface area contributed by atoms with Crippen molar-refractivity contribution >= 4 is 52.3 Å². The van der Waals surface area contributed by atoms with E-state index in [1.807, 2.05) is 0 Å². The van der Waals surface area contributed by atoms with Gasteiger partial charge in [-0.1, -0.05) is 29.3 Å². The molecule has 1 aliphatic rings. The number of hydrazone groups is 1. The number of carbonyl (C=O) groups is 1. The molecule has 0 saturated heterocycles. The monoisotopic (exact) mass is 511 g/mol. The number of ether oxygens (including phenoxy) is 2. The first kappa shape index (κ1) is 24.3. The molecule has 0 bridgehead atoms. The third-order valence-corrected chi connectivity index (χ3v) is 5.99. The second-order valence-corrected chi connectivity index (χ2v) is 8.40. The Morgan fingerprint density at radius 2 is 1.77 bits per heavy atom. The topological polar surface area (TPSA) is 94.3 Å². The fraction of sp³-hybridized carbons (Fsp3) is 0.120. The second kappa shape index (κ2) is 10.2. The number of amides is 1. The van der Waals surface area contributed by atoms with Gasteiger partial charge >= 0.3 is 0 Å². The number of rotatable bonds is 7. The van der Waals surface area contributed by atoms with Crippen LogP contribution in [0.15, 0.2) is 71.3 Å². The highest BCUT2D eigenvalue weighted by atomic mass is 35.5. The van der Waals surface area contributed by atoms with Crippen LogP contribution in [0.1, 0.15) is 18.1 Å². The van der Waals surface area contributed by atoms with E-state index in [9.17, 15) is 14.9 Å². The van der Waals surface area contributed by atoms with Gasteiger partial charge in [-0.3, -0.25) is 14.9 Å². The van der Waals surface area contributed by atoms with E-state index in [0.29, 0.717) is 38.5 Å². The molecule has 4 rings (SSSR count). The molecule has 1 heterocycles. The largest absolute Gasteiger partial charge is 0.493 e. The highest BCUT2D eigenvalue weighted by molar-refractivity contribution is 6.42. The lowest BCUT2D eigenvalue weighted by atomic mass is 10.1. The van der Waals surface area contributed by atoms with Gasteiger partial charge < -0.3 is 9.47 Å². The van der Waals surface area contributed by atoms with Crippen LogP contribution >= 0.6 is 23.2 Å². The summed E-state index contributed by atoms with van der Waals surface area (Å²) in [6.07, 6.45) is 1.72. The molecule has 8 nitrogen and oxygen atoms in total. The van der Waals surface area contributed by atoms with Gasteiger partial charge in [-0.15, -0.1) is 0 Å². The van der Waals surface area contributed by atoms with Crippen molar-refractivity contribution in [3.63, 3.8) is 0 Å². The van der Waals surface area contributed by atoms with E-state index in [0.717, 1.165) is 11.1 Å². The van der Waals surface area contributed by atoms with Crippen LogP contribution in [-0.2, 0) is 11.4 Å². The van der Waals surface area contributed by atoms with Gasteiger partial charge in [-0.2, -0.15) is 10.1 Å². The molecule has 1 aliphatic heterocycles. The van der Waals surface area contributed by atoms with Crippen molar-refractivity contribution in [1.29, 1.82) is 0 Å². The third-order valence-electron chi connectivity index (χ3n) is 5.25. The molecule has 0 aromatic heterocycles. The molecule has 0 fully saturated rings. The standard InChI is InChI=1S/C25H19Cl2N3O5/c1-15-20(25(31)29(28-15)19-8-9-21(26)22(27)13-19)11-17-5-10-23(24(12-17)34-2)35-14-16-3-6-18(7-4-16)30(32)33/h3-13H,14H2,1-2H3. The van der Waals surface area contributed by atoms with Crippen molar-refractivity contribution in [2.75, 3.05) is 12.1 Å². The molecule has 1 amide bonds. The Kier molecular flexibility index (Phi) is 7.04. The van der Waals surface area contributed by atoms with Crippen LogP contribution < -0.4 is 14.5 Å². The van der Waals surface area contributed by atoms with E-state index in [1.54, 1.807) is 61.5 Å². The van der Waals surface area contributed by atoms with Crippen LogP contribution in [-0.4, -0.2) is 23.7 Å². The van der Waals surface area contributed by atoms with Crippen LogP contribution in [0.5, 0.6) is 11.5 Å². The van der Waals surface area contributed by atoms with Gasteiger partial charge in [0.25, 0.3) is 11.6 Å². The Balaban J connectivity index is 1.52. The third kappa shape index (κ3) is 5.29. The molecule has 0 aliphatic carbocycles. The molecular weight excluding hydrogens is 493 g/mol. The number of hydrogen-bond donors (Lipinski definition) is 0. The first-order valence-corrected chi connectivity index (χ1v) is 11.1. The van der Waals surface area contributed by atoms with Gasteiger partial charge in [0.1, 0.15) is 6.61 Å². The summed E-state index contributed by atoms with van der Waals surface area (Å²) in [5.41, 5.74) is 3.01. The molecule has 3 aromatic rings. The van der Waals surface area contributed by atoms with Gasteiger partial charge in [0, 0.05) is 12.1 Å². The van der Waals surface area contributed by atoms with E-state index in [-0.39, 0.29) is 18.2 Å². The van der Waals surface area contributed by atoms with Gasteiger partial charge in [-0.05, 0) is 66.6 Å². The number of carbonyl (C=O) groups excluding carboxylic acids is 1. The van der Waals surface area contributed by atoms with Crippen LogP contribution in [0, 0.1) is 10.1 Å². The average molecular weight is 512 g/mol. The smallest absolute Gasteiger partial charge is 0.280 e. The number of nitro benzene ring substituents is 1. The van der Waals surface area contributed by atoms with Crippen molar-refractivity contribution in [1.82, 2.24) is 0 Å². The zero-order valence-corrected chi connectivity index (χ0v) is 20.2. The summed E-state index contributed by atoms with van der Waals surface area (Å²) >= 11 is 12.1. The Morgan fingerprint density at radius 3 is 2.43 bits per heavy atom. The number of hydrogen-bond acceptors (Lipinski definition) is 6. The van der Waals surface area contributed by atoms with E-state index in [4.69, 9.17) is 32.7 Å². The van der Waals surface area contributed by atoms with Crippen molar-refractivity contribution in [2.24, 2.45) is 5.10 Å². The highest BCUT2D eigenvalue weighted by Crippen LogP contribution is 2.33. The molecule has 0 unspecified atom stereocenters. The molecule has 10 heteroatoms. The molecule has 0 radical (unpaired) electrons. The predicted molar refractivity (Wildman–Crippen MR) is 135 cm³/mol. The zero-order valence-electron chi connectivity index (χ0n) is 18.7. The fourth-order valence-electron chi connectivity index (χ4n) is 3.41. The quantitative estimate of drug-likeness (QED) is 0.211. The van der Waals surface area contributed by atoms with Crippen LogP contribution in [0.25, 0.3) is 6.08 Å². The van der Waals surface area contributed by atoms with Crippen LogP contribution in [0.3, 0.4) is 0 Å². The Hall–Kier alpha value is -3.88. The molecule has 35 heavy (non-hydrogen) atoms. The molecule has 3 aromatic carbocycles. The number of nitrogens with zero attached hydrogens (tertiary/aromatic N) is 3. The van der Waals surface area contributed by atoms with Crippen LogP contribution in [0.2, 0.25) is 10.0 Å². The Labute approximate surface area is 211 Å². The zero-order chi connectivity index (χ0) is 25.1. The van der Waals surface area contributed by atoms with E-state index >= 15 is 0 Å². The van der Waals surface area contributed by atoms with E-state index < -0.39 is 4.92 Å². The van der Waals surface area contributed by atoms with Gasteiger partial charge in [-0.25, -0.2) is 0 Å². The first-order valence-electron chi connectivity index (χ1n) is 10.4. The number of anilines is 1. The van der Waals surface area contributed by atoms with Gasteiger partial charge in [0.15, 0.2) is 11.5 Å². The lowest BCUT2D eigenvalue weighted by molar-refractivity contribution is -0.384. The van der Waals surface area contributed by atoms with Crippen LogP contribution in [0.4, 0.5) is 11.4 Å². The lowest BCUT2D eigenvalue weighted by Crippen LogP contribution is -2.21. The number of nitro groups is 1. The van der Waals surface area contributed by atoms with Crippen molar-refractivity contribution in [3.8, 4) is 11.5 Å². The number of benzene rings is 3. The maximum absolute atomic E-state index is 13.0. The van der Waals surface area contributed by atoms with Crippen molar-refractivity contribution < 1.29 is 19.2 Å². The average Bonchev–Trinajstić information content (AvgIpc) is 3.13. The Bertz CT molecular complexity index is 1370. The summed E-state index contributed by atoms with van der Waals surface area (Å²) in [6, 6.07) is 16.3. The normalized spacial score (nSPS) is 14.3. The summed E-state index contributed by atoms with van der Waals surface area (Å²) in [7, 11) is 1.52. The van der Waals surface area contributed by atoms with Gasteiger partial charge in [0.05, 0.1) is 39.1 Å². The minimum absolute atomic E-state index is 0.0155. The van der Waals surface area contributed by atoms with Crippen molar-refractivity contribution in [3.05, 3.63) is 97.5 Å². The summed E-state index contributed by atoms with van der Waals surface area (Å²) in [6.45, 7) is 1.96. The molecular formula is C25H19Cl2N3O5. The van der Waals surface area contributed by atoms with Gasteiger partial charge in [0.2, 0.25) is 0 Å². The summed E-state index contributed by atoms with van der Waals surface area (Å²) in [5, 5.41) is 17.2. The molecule has 0 spiro atoms. The molecule has 0 saturated carbocycles. The Morgan fingerprint density at radius 1 is 1.03 bits per heavy atom. The highest BCUT2D eigenvalue weighted by Gasteiger charge is 2.29. The summed E-state index contributed by atoms with van der Waals surface area (Å²) in [4.78, 5) is 23.4. The maximum atomic E-state index is 13.0. The van der Waals surface area contributed by atoms with Crippen molar-refractivity contribution in [2.45, 2.75) is 13.5 Å². The fourth-order valence-corrected chi connectivity index (χ4v) is 3.70. The lowest BCUT2D eigenvalue weighted by Gasteiger charge is -2.13. The number of halogens is 2. The van der Waals surface area contributed by atoms with E-state index in [2.05, 4.69) is 5.10 Å². The molecule has 0 N–H and O–H groups in total. The second-order valence-electron chi connectivity index (χ2n) is 7.58.